The van der Waals surface area contributed by atoms with Crippen LogP contribution >= 0.6 is 0 Å². The highest BCUT2D eigenvalue weighted by Crippen LogP contribution is 2.17. The number of anilines is 1. The lowest BCUT2D eigenvalue weighted by Crippen LogP contribution is -2.41. The molecule has 6 heteroatoms. The molecule has 0 radical (unpaired) electrons. The number of carbonyl (C=O) groups is 2. The second kappa shape index (κ2) is 7.44. The van der Waals surface area contributed by atoms with Gasteiger partial charge in [-0.05, 0) is 43.2 Å². The standard InChI is InChI=1S/C19H21N3O3/c1-13-6-7-14(2)17(12-13)21-18(23)15-4-3-5-16(20-15)19(24)22-8-10-25-11-9-22/h3-7,12H,8-11H2,1-2H3,(H,21,23). The number of rotatable bonds is 3. The molecule has 25 heavy (non-hydrogen) atoms. The van der Waals surface area contributed by atoms with E-state index < -0.39 is 0 Å². The zero-order valence-corrected chi connectivity index (χ0v) is 14.4. The van der Waals surface area contributed by atoms with Crippen LogP contribution < -0.4 is 5.32 Å². The van der Waals surface area contributed by atoms with Crippen molar-refractivity contribution in [3.63, 3.8) is 0 Å². The zero-order chi connectivity index (χ0) is 17.8. The van der Waals surface area contributed by atoms with Gasteiger partial charge in [0.2, 0.25) is 0 Å². The molecular weight excluding hydrogens is 318 g/mol. The van der Waals surface area contributed by atoms with Crippen LogP contribution in [0.3, 0.4) is 0 Å². The highest BCUT2D eigenvalue weighted by atomic mass is 16.5. The molecule has 0 spiro atoms. The summed E-state index contributed by atoms with van der Waals surface area (Å²) in [6.45, 7) is 6.03. The first-order valence-corrected chi connectivity index (χ1v) is 8.27. The highest BCUT2D eigenvalue weighted by molar-refractivity contribution is 6.04. The first-order chi connectivity index (χ1) is 12.0. The molecule has 1 aliphatic heterocycles. The number of benzene rings is 1. The van der Waals surface area contributed by atoms with E-state index >= 15 is 0 Å². The van der Waals surface area contributed by atoms with Gasteiger partial charge in [-0.15, -0.1) is 0 Å². The predicted octanol–water partition coefficient (Wildman–Crippen LogP) is 2.42. The molecular formula is C19H21N3O3. The van der Waals surface area contributed by atoms with E-state index in [2.05, 4.69) is 10.3 Å². The summed E-state index contributed by atoms with van der Waals surface area (Å²) in [5.74, 6) is -0.505. The van der Waals surface area contributed by atoms with Crippen molar-refractivity contribution in [1.82, 2.24) is 9.88 Å². The summed E-state index contributed by atoms with van der Waals surface area (Å²) in [6, 6.07) is 10.8. The molecule has 1 aromatic carbocycles. The van der Waals surface area contributed by atoms with Gasteiger partial charge in [-0.3, -0.25) is 9.59 Å². The average Bonchev–Trinajstić information content (AvgIpc) is 2.65. The number of nitrogens with zero attached hydrogens (tertiary/aromatic N) is 2. The Hall–Kier alpha value is -2.73. The second-order valence-electron chi connectivity index (χ2n) is 6.09. The molecule has 0 atom stereocenters. The first kappa shape index (κ1) is 17.1. The molecule has 130 valence electrons. The van der Waals surface area contributed by atoms with E-state index in [1.54, 1.807) is 23.1 Å². The molecule has 1 fully saturated rings. The van der Waals surface area contributed by atoms with Crippen molar-refractivity contribution in [2.75, 3.05) is 31.6 Å². The van der Waals surface area contributed by atoms with Crippen molar-refractivity contribution in [2.45, 2.75) is 13.8 Å². The van der Waals surface area contributed by atoms with Crippen molar-refractivity contribution in [2.24, 2.45) is 0 Å². The number of morpholine rings is 1. The van der Waals surface area contributed by atoms with Crippen LogP contribution in [0, 0.1) is 13.8 Å². The van der Waals surface area contributed by atoms with E-state index in [0.717, 1.165) is 16.8 Å². The fourth-order valence-corrected chi connectivity index (χ4v) is 2.67. The Morgan fingerprint density at radius 3 is 2.56 bits per heavy atom. The molecule has 1 aliphatic rings. The maximum absolute atomic E-state index is 12.5. The monoisotopic (exact) mass is 339 g/mol. The van der Waals surface area contributed by atoms with Crippen molar-refractivity contribution in [3.05, 3.63) is 58.9 Å². The highest BCUT2D eigenvalue weighted by Gasteiger charge is 2.20. The number of nitrogens with one attached hydrogen (secondary N) is 1. The minimum absolute atomic E-state index is 0.176. The molecule has 2 aromatic rings. The van der Waals surface area contributed by atoms with E-state index in [4.69, 9.17) is 4.74 Å². The topological polar surface area (TPSA) is 71.5 Å². The fraction of sp³-hybridized carbons (Fsp3) is 0.316. The van der Waals surface area contributed by atoms with E-state index in [0.29, 0.717) is 26.3 Å². The molecule has 0 bridgehead atoms. The Morgan fingerprint density at radius 2 is 1.80 bits per heavy atom. The fourth-order valence-electron chi connectivity index (χ4n) is 2.67. The Balaban J connectivity index is 1.77. The van der Waals surface area contributed by atoms with Gasteiger partial charge in [0.1, 0.15) is 11.4 Å². The third kappa shape index (κ3) is 4.03. The minimum atomic E-state index is -0.328. The van der Waals surface area contributed by atoms with Crippen molar-refractivity contribution < 1.29 is 14.3 Å². The Labute approximate surface area is 146 Å². The summed E-state index contributed by atoms with van der Waals surface area (Å²) in [6.07, 6.45) is 0. The van der Waals surface area contributed by atoms with Gasteiger partial charge in [0.05, 0.1) is 13.2 Å². The van der Waals surface area contributed by atoms with Gasteiger partial charge < -0.3 is 15.0 Å². The number of hydrogen-bond donors (Lipinski definition) is 1. The minimum Gasteiger partial charge on any atom is -0.378 e. The van der Waals surface area contributed by atoms with Crippen LogP contribution in [-0.4, -0.2) is 48.0 Å². The second-order valence-corrected chi connectivity index (χ2v) is 6.09. The van der Waals surface area contributed by atoms with Crippen LogP contribution in [0.4, 0.5) is 5.69 Å². The van der Waals surface area contributed by atoms with Crippen LogP contribution in [0.15, 0.2) is 36.4 Å². The van der Waals surface area contributed by atoms with Gasteiger partial charge >= 0.3 is 0 Å². The quantitative estimate of drug-likeness (QED) is 0.932. The number of aryl methyl sites for hydroxylation is 2. The molecule has 0 aliphatic carbocycles. The SMILES string of the molecule is Cc1ccc(C)c(NC(=O)c2cccc(C(=O)N3CCOCC3)n2)c1. The van der Waals surface area contributed by atoms with Crippen molar-refractivity contribution in [1.29, 1.82) is 0 Å². The number of hydrogen-bond acceptors (Lipinski definition) is 4. The molecule has 3 rings (SSSR count). The van der Waals surface area contributed by atoms with Gasteiger partial charge in [0, 0.05) is 18.8 Å². The molecule has 1 aromatic heterocycles. The molecule has 0 unspecified atom stereocenters. The van der Waals surface area contributed by atoms with Crippen molar-refractivity contribution >= 4 is 17.5 Å². The van der Waals surface area contributed by atoms with Crippen LogP contribution in [-0.2, 0) is 4.74 Å². The van der Waals surface area contributed by atoms with E-state index in [1.165, 1.54) is 0 Å². The van der Waals surface area contributed by atoms with Crippen molar-refractivity contribution in [3.8, 4) is 0 Å². The third-order valence-corrected chi connectivity index (χ3v) is 4.14. The predicted molar refractivity (Wildman–Crippen MR) is 94.8 cm³/mol. The molecule has 6 nitrogen and oxygen atoms in total. The van der Waals surface area contributed by atoms with E-state index in [1.807, 2.05) is 32.0 Å². The Kier molecular flexibility index (Phi) is 5.09. The lowest BCUT2D eigenvalue weighted by Gasteiger charge is -2.26. The van der Waals surface area contributed by atoms with Gasteiger partial charge in [0.25, 0.3) is 11.8 Å². The Bertz CT molecular complexity index is 798. The number of ether oxygens (including phenoxy) is 1. The van der Waals surface area contributed by atoms with Crippen LogP contribution in [0.2, 0.25) is 0 Å². The van der Waals surface area contributed by atoms with Gasteiger partial charge in [0.15, 0.2) is 0 Å². The maximum atomic E-state index is 12.5. The molecule has 1 N–H and O–H groups in total. The van der Waals surface area contributed by atoms with Gasteiger partial charge in [-0.2, -0.15) is 0 Å². The summed E-state index contributed by atoms with van der Waals surface area (Å²) in [5.41, 5.74) is 3.27. The summed E-state index contributed by atoms with van der Waals surface area (Å²) in [4.78, 5) is 31.0. The smallest absolute Gasteiger partial charge is 0.274 e. The maximum Gasteiger partial charge on any atom is 0.274 e. The Morgan fingerprint density at radius 1 is 1.08 bits per heavy atom. The first-order valence-electron chi connectivity index (χ1n) is 8.27. The molecule has 0 saturated carbocycles. The largest absolute Gasteiger partial charge is 0.378 e. The number of carbonyl (C=O) groups excluding carboxylic acids is 2. The van der Waals surface area contributed by atoms with Crippen LogP contribution in [0.1, 0.15) is 32.1 Å². The average molecular weight is 339 g/mol. The normalized spacial score (nSPS) is 14.2. The summed E-state index contributed by atoms with van der Waals surface area (Å²) < 4.78 is 5.26. The summed E-state index contributed by atoms with van der Waals surface area (Å²) in [5, 5.41) is 2.87. The zero-order valence-electron chi connectivity index (χ0n) is 14.4. The van der Waals surface area contributed by atoms with Crippen LogP contribution in [0.5, 0.6) is 0 Å². The number of amides is 2. The molecule has 1 saturated heterocycles. The van der Waals surface area contributed by atoms with E-state index in [-0.39, 0.29) is 23.2 Å². The van der Waals surface area contributed by atoms with E-state index in [9.17, 15) is 9.59 Å². The van der Waals surface area contributed by atoms with Gasteiger partial charge in [-0.1, -0.05) is 18.2 Å². The number of pyridine rings is 1. The molecule has 2 heterocycles. The van der Waals surface area contributed by atoms with Gasteiger partial charge in [-0.25, -0.2) is 4.98 Å². The third-order valence-electron chi connectivity index (χ3n) is 4.14. The van der Waals surface area contributed by atoms with Crippen LogP contribution in [0.25, 0.3) is 0 Å². The lowest BCUT2D eigenvalue weighted by atomic mass is 10.1. The number of aromatic nitrogens is 1. The summed E-state index contributed by atoms with van der Waals surface area (Å²) in [7, 11) is 0. The lowest BCUT2D eigenvalue weighted by molar-refractivity contribution is 0.0299. The molecule has 2 amide bonds. The summed E-state index contributed by atoms with van der Waals surface area (Å²) >= 11 is 0.